The third-order valence-electron chi connectivity index (χ3n) is 3.04. The Morgan fingerprint density at radius 1 is 1.14 bits per heavy atom. The normalized spacial score (nSPS) is 13.3. The van der Waals surface area contributed by atoms with Crippen molar-refractivity contribution in [3.63, 3.8) is 0 Å². The maximum atomic E-state index is 10.2. The Bertz CT molecular complexity index is 328. The number of hydrogen-bond donors (Lipinski definition) is 1. The van der Waals surface area contributed by atoms with E-state index in [0.29, 0.717) is 0 Å². The molecule has 126 valence electrons. The van der Waals surface area contributed by atoms with Gasteiger partial charge in [0.2, 0.25) is 0 Å². The Kier molecular flexibility index (Phi) is 17.6. The van der Waals surface area contributed by atoms with Crippen molar-refractivity contribution in [3.05, 3.63) is 38.0 Å². The summed E-state index contributed by atoms with van der Waals surface area (Å²) in [4.78, 5) is 19.6. The predicted octanol–water partition coefficient (Wildman–Crippen LogP) is 4.53. The van der Waals surface area contributed by atoms with E-state index in [2.05, 4.69) is 30.5 Å². The lowest BCUT2D eigenvalue weighted by Crippen LogP contribution is -2.04. The van der Waals surface area contributed by atoms with Crippen LogP contribution in [0.15, 0.2) is 38.0 Å². The van der Waals surface area contributed by atoms with Crippen LogP contribution in [0.25, 0.3) is 0 Å². The van der Waals surface area contributed by atoms with Crippen LogP contribution in [0, 0.1) is 5.92 Å². The first-order valence-electron chi connectivity index (χ1n) is 7.74. The van der Waals surface area contributed by atoms with E-state index in [9.17, 15) is 9.59 Å². The number of ether oxygens (including phenoxy) is 1. The Labute approximate surface area is 134 Å². The van der Waals surface area contributed by atoms with Gasteiger partial charge in [-0.3, -0.25) is 4.79 Å². The molecule has 22 heavy (non-hydrogen) atoms. The average molecular weight is 310 g/mol. The van der Waals surface area contributed by atoms with Gasteiger partial charge in [0, 0.05) is 12.5 Å². The number of esters is 1. The van der Waals surface area contributed by atoms with E-state index in [1.807, 2.05) is 0 Å². The number of carbonyl (C=O) groups is 2. The van der Waals surface area contributed by atoms with Crippen molar-refractivity contribution < 1.29 is 19.4 Å². The van der Waals surface area contributed by atoms with Gasteiger partial charge >= 0.3 is 11.9 Å². The topological polar surface area (TPSA) is 63.6 Å². The molecule has 1 rings (SSSR count). The van der Waals surface area contributed by atoms with Crippen molar-refractivity contribution in [1.82, 2.24) is 0 Å². The van der Waals surface area contributed by atoms with Crippen molar-refractivity contribution in [1.29, 1.82) is 0 Å². The first-order chi connectivity index (χ1) is 10.5. The molecular weight excluding hydrogens is 280 g/mol. The summed E-state index contributed by atoms with van der Waals surface area (Å²) in [6.45, 7) is 12.2. The Morgan fingerprint density at radius 2 is 1.68 bits per heavy atom. The van der Waals surface area contributed by atoms with Gasteiger partial charge in [-0.15, -0.1) is 6.58 Å². The number of aliphatic carboxylic acids is 1. The molecule has 1 saturated carbocycles. The van der Waals surface area contributed by atoms with Crippen LogP contribution in [0.5, 0.6) is 0 Å². The molecule has 0 radical (unpaired) electrons. The van der Waals surface area contributed by atoms with Gasteiger partial charge in [-0.25, -0.2) is 4.79 Å². The fourth-order valence-electron chi connectivity index (χ4n) is 1.86. The zero-order chi connectivity index (χ0) is 17.2. The summed E-state index contributed by atoms with van der Waals surface area (Å²) in [5, 5.41) is 7.72. The van der Waals surface area contributed by atoms with Crippen molar-refractivity contribution >= 4 is 11.9 Å². The SMILES string of the molecule is C=CCC1CCCCC1.C=CCOC(=O)C=C.CCC(=O)O. The summed E-state index contributed by atoms with van der Waals surface area (Å²) in [6.07, 6.45) is 13.4. The van der Waals surface area contributed by atoms with E-state index in [-0.39, 0.29) is 13.0 Å². The molecular formula is C18H30O4. The molecule has 1 aliphatic carbocycles. The van der Waals surface area contributed by atoms with Crippen molar-refractivity contribution in [2.24, 2.45) is 5.92 Å². The third kappa shape index (κ3) is 18.2. The fraction of sp³-hybridized carbons (Fsp3) is 0.556. The van der Waals surface area contributed by atoms with Crippen LogP contribution in [-0.4, -0.2) is 23.7 Å². The van der Waals surface area contributed by atoms with E-state index >= 15 is 0 Å². The van der Waals surface area contributed by atoms with Gasteiger partial charge in [0.1, 0.15) is 6.61 Å². The second-order valence-electron chi connectivity index (χ2n) is 4.90. The van der Waals surface area contributed by atoms with Crippen molar-refractivity contribution in [3.8, 4) is 0 Å². The highest BCUT2D eigenvalue weighted by molar-refractivity contribution is 5.81. The standard InChI is InChI=1S/C9H16.C6H8O2.C3H6O2/c1-2-6-9-7-4-3-5-8-9;1-3-5-8-6(7)4-2;1-2-3(4)5/h2,9H,1,3-8H2;3-4H,1-2,5H2;2H2,1H3,(H,4,5). The van der Waals surface area contributed by atoms with Gasteiger partial charge in [0.05, 0.1) is 0 Å². The summed E-state index contributed by atoms with van der Waals surface area (Å²) in [6, 6.07) is 0. The van der Waals surface area contributed by atoms with Gasteiger partial charge in [0.15, 0.2) is 0 Å². The zero-order valence-electron chi connectivity index (χ0n) is 13.8. The van der Waals surface area contributed by atoms with Gasteiger partial charge < -0.3 is 9.84 Å². The maximum absolute atomic E-state index is 10.2. The summed E-state index contributed by atoms with van der Waals surface area (Å²) >= 11 is 0. The number of carboxylic acids is 1. The highest BCUT2D eigenvalue weighted by Gasteiger charge is 2.10. The smallest absolute Gasteiger partial charge is 0.330 e. The maximum Gasteiger partial charge on any atom is 0.330 e. The van der Waals surface area contributed by atoms with Gasteiger partial charge in [0.25, 0.3) is 0 Å². The lowest BCUT2D eigenvalue weighted by atomic mass is 9.87. The molecule has 0 aliphatic heterocycles. The van der Waals surface area contributed by atoms with Crippen LogP contribution in [0.2, 0.25) is 0 Å². The average Bonchev–Trinajstić information content (AvgIpc) is 2.55. The second kappa shape index (κ2) is 17.2. The summed E-state index contributed by atoms with van der Waals surface area (Å²) in [7, 11) is 0. The molecule has 1 N–H and O–H groups in total. The molecule has 0 spiro atoms. The molecule has 0 aromatic heterocycles. The molecule has 1 fully saturated rings. The largest absolute Gasteiger partial charge is 0.481 e. The zero-order valence-corrected chi connectivity index (χ0v) is 13.8. The molecule has 1 aliphatic rings. The van der Waals surface area contributed by atoms with E-state index in [1.54, 1.807) is 6.92 Å². The summed E-state index contributed by atoms with van der Waals surface area (Å²) < 4.78 is 4.47. The molecule has 0 aromatic rings. The summed E-state index contributed by atoms with van der Waals surface area (Å²) in [5.74, 6) is -0.175. The lowest BCUT2D eigenvalue weighted by molar-refractivity contribution is -0.137. The van der Waals surface area contributed by atoms with Crippen LogP contribution in [0.3, 0.4) is 0 Å². The van der Waals surface area contributed by atoms with Crippen LogP contribution in [0.1, 0.15) is 51.9 Å². The monoisotopic (exact) mass is 310 g/mol. The van der Waals surface area contributed by atoms with Crippen molar-refractivity contribution in [2.45, 2.75) is 51.9 Å². The minimum Gasteiger partial charge on any atom is -0.481 e. The Balaban J connectivity index is 0. The first kappa shape index (κ1) is 22.4. The quantitative estimate of drug-likeness (QED) is 0.445. The first-order valence-corrected chi connectivity index (χ1v) is 7.74. The van der Waals surface area contributed by atoms with E-state index in [1.165, 1.54) is 44.6 Å². The lowest BCUT2D eigenvalue weighted by Gasteiger charge is -2.19. The highest BCUT2D eigenvalue weighted by atomic mass is 16.5. The van der Waals surface area contributed by atoms with E-state index in [0.717, 1.165) is 12.0 Å². The molecule has 0 unspecified atom stereocenters. The molecule has 0 heterocycles. The molecule has 0 atom stereocenters. The van der Waals surface area contributed by atoms with Crippen molar-refractivity contribution in [2.75, 3.05) is 6.61 Å². The Morgan fingerprint density at radius 3 is 2.05 bits per heavy atom. The van der Waals surface area contributed by atoms with Gasteiger partial charge in [-0.2, -0.15) is 0 Å². The summed E-state index contributed by atoms with van der Waals surface area (Å²) in [5.41, 5.74) is 0. The second-order valence-corrected chi connectivity index (χ2v) is 4.90. The van der Waals surface area contributed by atoms with E-state index in [4.69, 9.17) is 5.11 Å². The van der Waals surface area contributed by atoms with E-state index < -0.39 is 11.9 Å². The van der Waals surface area contributed by atoms with Crippen LogP contribution < -0.4 is 0 Å². The minimum absolute atomic E-state index is 0.222. The van der Waals surface area contributed by atoms with Gasteiger partial charge in [-0.1, -0.05) is 64.3 Å². The number of hydrogen-bond acceptors (Lipinski definition) is 3. The van der Waals surface area contributed by atoms with Crippen LogP contribution in [0.4, 0.5) is 0 Å². The molecule has 0 saturated heterocycles. The Hall–Kier alpha value is -1.84. The predicted molar refractivity (Wildman–Crippen MR) is 90.7 cm³/mol. The highest BCUT2D eigenvalue weighted by Crippen LogP contribution is 2.25. The fourth-order valence-corrected chi connectivity index (χ4v) is 1.86. The molecule has 0 amide bonds. The van der Waals surface area contributed by atoms with Crippen LogP contribution >= 0.6 is 0 Å². The van der Waals surface area contributed by atoms with Crippen LogP contribution in [-0.2, 0) is 14.3 Å². The molecule has 4 nitrogen and oxygen atoms in total. The number of rotatable bonds is 6. The molecule has 0 bridgehead atoms. The number of carbonyl (C=O) groups excluding carboxylic acids is 1. The molecule has 0 aromatic carbocycles. The van der Waals surface area contributed by atoms with Gasteiger partial charge in [-0.05, 0) is 12.3 Å². The molecule has 4 heteroatoms. The number of allylic oxidation sites excluding steroid dienone is 1. The number of carboxylic acid groups (broad SMARTS) is 1. The minimum atomic E-state index is -0.745. The third-order valence-corrected chi connectivity index (χ3v) is 3.04.